The van der Waals surface area contributed by atoms with Gasteiger partial charge in [-0.05, 0) is 64.7 Å². The largest absolute Gasteiger partial charge is 0.369 e. The van der Waals surface area contributed by atoms with Gasteiger partial charge in [-0.2, -0.15) is 0 Å². The lowest BCUT2D eigenvalue weighted by Crippen LogP contribution is -2.40. The molecule has 0 unspecified atom stereocenters. The van der Waals surface area contributed by atoms with E-state index in [2.05, 4.69) is 4.98 Å². The molecular formula is C20H36N2O7P2S. The highest BCUT2D eigenvalue weighted by atomic mass is 32.2. The van der Waals surface area contributed by atoms with Crippen LogP contribution in [-0.2, 0) is 43.5 Å². The van der Waals surface area contributed by atoms with Crippen molar-refractivity contribution in [2.24, 2.45) is 5.73 Å². The maximum atomic E-state index is 13.9. The van der Waals surface area contributed by atoms with Gasteiger partial charge < -0.3 is 18.1 Å². The van der Waals surface area contributed by atoms with Crippen molar-refractivity contribution in [1.29, 1.82) is 0 Å². The third-order valence-corrected chi connectivity index (χ3v) is 11.3. The summed E-state index contributed by atoms with van der Waals surface area (Å²) in [5, 5.41) is -2.16. The van der Waals surface area contributed by atoms with Gasteiger partial charge in [0.15, 0.2) is 5.12 Å². The predicted molar refractivity (Wildman–Crippen MR) is 128 cm³/mol. The van der Waals surface area contributed by atoms with Crippen molar-refractivity contribution in [2.45, 2.75) is 58.9 Å². The fraction of sp³-hybridized carbons (Fsp3) is 0.700. The Morgan fingerprint density at radius 2 is 1.50 bits per heavy atom. The second-order valence-corrected chi connectivity index (χ2v) is 12.8. The molecule has 2 N–H and O–H groups in total. The number of aromatic nitrogens is 1. The van der Waals surface area contributed by atoms with Crippen molar-refractivity contribution < 1.29 is 32.0 Å². The summed E-state index contributed by atoms with van der Waals surface area (Å²) in [5.41, 5.74) is 7.59. The zero-order chi connectivity index (χ0) is 24.3. The van der Waals surface area contributed by atoms with E-state index in [4.69, 9.17) is 23.8 Å². The van der Waals surface area contributed by atoms with Gasteiger partial charge >= 0.3 is 15.2 Å². The molecular weight excluding hydrogens is 474 g/mol. The lowest BCUT2D eigenvalue weighted by atomic mass is 10.1. The van der Waals surface area contributed by atoms with E-state index in [1.54, 1.807) is 46.8 Å². The van der Waals surface area contributed by atoms with Gasteiger partial charge in [0.2, 0.25) is 0 Å². The lowest BCUT2D eigenvalue weighted by Gasteiger charge is -2.38. The van der Waals surface area contributed by atoms with E-state index in [-0.39, 0.29) is 37.2 Å². The third kappa shape index (κ3) is 7.21. The van der Waals surface area contributed by atoms with Crippen LogP contribution in [0.15, 0.2) is 18.3 Å². The summed E-state index contributed by atoms with van der Waals surface area (Å²) >= 11 is 1.29. The Kier molecular flexibility index (Phi) is 12.9. The molecule has 0 atom stereocenters. The summed E-state index contributed by atoms with van der Waals surface area (Å²) in [4.78, 5) is 15.4. The number of thioether (sulfide) groups is 1. The van der Waals surface area contributed by atoms with E-state index in [9.17, 15) is 13.9 Å². The first-order valence-electron chi connectivity index (χ1n) is 10.8. The Morgan fingerprint density at radius 1 is 1.00 bits per heavy atom. The molecule has 0 aliphatic rings. The average Bonchev–Trinajstić information content (AvgIpc) is 2.73. The highest BCUT2D eigenvalue weighted by Crippen LogP contribution is 2.79. The Labute approximate surface area is 195 Å². The maximum absolute atomic E-state index is 13.9. The lowest BCUT2D eigenvalue weighted by molar-refractivity contribution is -0.109. The van der Waals surface area contributed by atoms with Crippen LogP contribution in [0.2, 0.25) is 0 Å². The van der Waals surface area contributed by atoms with E-state index in [1.807, 2.05) is 0 Å². The van der Waals surface area contributed by atoms with Gasteiger partial charge in [-0.1, -0.05) is 11.8 Å². The number of pyridine rings is 1. The summed E-state index contributed by atoms with van der Waals surface area (Å²) < 4.78 is 49.9. The van der Waals surface area contributed by atoms with Crippen molar-refractivity contribution in [3.05, 3.63) is 29.6 Å². The fourth-order valence-electron chi connectivity index (χ4n) is 3.06. The Hall–Kier alpha value is -0.570. The molecule has 9 nitrogen and oxygen atoms in total. The first-order valence-corrected chi connectivity index (χ1v) is 14.9. The molecule has 0 aliphatic heterocycles. The SMILES string of the molecule is CCOP(=O)(OCC)C(N)(c1cc(CCCCSC(C)=O)ccn1)P(=O)(OCC)OCC. The Bertz CT molecular complexity index is 775. The van der Waals surface area contributed by atoms with Crippen LogP contribution in [0.25, 0.3) is 0 Å². The van der Waals surface area contributed by atoms with E-state index >= 15 is 0 Å². The van der Waals surface area contributed by atoms with Crippen molar-refractivity contribution in [1.82, 2.24) is 4.98 Å². The molecule has 184 valence electrons. The van der Waals surface area contributed by atoms with Gasteiger partial charge in [0.25, 0.3) is 5.02 Å². The minimum atomic E-state index is -4.25. The maximum Gasteiger partial charge on any atom is 0.369 e. The molecule has 0 saturated heterocycles. The quantitative estimate of drug-likeness (QED) is 0.232. The predicted octanol–water partition coefficient (Wildman–Crippen LogP) is 5.29. The van der Waals surface area contributed by atoms with E-state index in [1.165, 1.54) is 18.0 Å². The molecule has 1 aromatic rings. The summed E-state index contributed by atoms with van der Waals surface area (Å²) in [6.45, 7) is 8.17. The molecule has 12 heteroatoms. The van der Waals surface area contributed by atoms with Crippen molar-refractivity contribution >= 4 is 32.1 Å². The van der Waals surface area contributed by atoms with Gasteiger partial charge in [0.05, 0.1) is 32.1 Å². The molecule has 0 aromatic carbocycles. The van der Waals surface area contributed by atoms with Gasteiger partial charge in [-0.15, -0.1) is 0 Å². The van der Waals surface area contributed by atoms with Gasteiger partial charge in [-0.3, -0.25) is 24.6 Å². The zero-order valence-electron chi connectivity index (χ0n) is 19.6. The molecule has 0 radical (unpaired) electrons. The second-order valence-electron chi connectivity index (χ2n) is 6.74. The summed E-state index contributed by atoms with van der Waals surface area (Å²) in [5.74, 6) is 0.738. The van der Waals surface area contributed by atoms with Crippen molar-refractivity contribution in [3.8, 4) is 0 Å². The molecule has 0 saturated carbocycles. The standard InChI is InChI=1S/C20H36N2O7P2S/c1-6-26-30(24,27-7-2)20(21,31(25,28-8-3)29-9-4)19-16-18(13-14-22-19)12-10-11-15-32-17(5)23/h13-14,16H,6-12,15,21H2,1-5H3. The summed E-state index contributed by atoms with van der Waals surface area (Å²) in [6.07, 6.45) is 3.86. The number of aryl methyl sites for hydroxylation is 1. The Balaban J connectivity index is 3.44. The van der Waals surface area contributed by atoms with Gasteiger partial charge in [0.1, 0.15) is 0 Å². The molecule has 0 aliphatic carbocycles. The number of nitrogens with two attached hydrogens (primary N) is 1. The molecule has 1 heterocycles. The van der Waals surface area contributed by atoms with Crippen LogP contribution in [0.1, 0.15) is 58.7 Å². The van der Waals surface area contributed by atoms with Crippen molar-refractivity contribution in [3.63, 3.8) is 0 Å². The number of hydrogen-bond donors (Lipinski definition) is 1. The highest BCUT2D eigenvalue weighted by molar-refractivity contribution is 8.13. The topological polar surface area (TPSA) is 127 Å². The second kappa shape index (κ2) is 14.0. The van der Waals surface area contributed by atoms with E-state index in [0.29, 0.717) is 6.42 Å². The van der Waals surface area contributed by atoms with Crippen LogP contribution in [0.5, 0.6) is 0 Å². The van der Waals surface area contributed by atoms with Crippen LogP contribution in [-0.4, -0.2) is 42.3 Å². The number of carbonyl (C=O) groups is 1. The van der Waals surface area contributed by atoms with Gasteiger partial charge in [0, 0.05) is 18.9 Å². The number of hydrogen-bond acceptors (Lipinski definition) is 10. The zero-order valence-corrected chi connectivity index (χ0v) is 22.2. The first kappa shape index (κ1) is 29.5. The molecule has 1 rings (SSSR count). The number of carbonyl (C=O) groups excluding carboxylic acids is 1. The average molecular weight is 511 g/mol. The van der Waals surface area contributed by atoms with E-state index in [0.717, 1.165) is 24.2 Å². The first-order chi connectivity index (χ1) is 15.1. The Morgan fingerprint density at radius 3 is 1.94 bits per heavy atom. The van der Waals surface area contributed by atoms with Crippen LogP contribution in [0.4, 0.5) is 0 Å². The van der Waals surface area contributed by atoms with Crippen LogP contribution in [0.3, 0.4) is 0 Å². The van der Waals surface area contributed by atoms with Crippen molar-refractivity contribution in [2.75, 3.05) is 32.2 Å². The molecule has 1 aromatic heterocycles. The summed E-state index contributed by atoms with van der Waals surface area (Å²) in [6, 6.07) is 3.45. The normalized spacial score (nSPS) is 12.8. The fourth-order valence-corrected chi connectivity index (χ4v) is 8.69. The molecule has 0 spiro atoms. The minimum Gasteiger partial charge on any atom is -0.307 e. The molecule has 0 fully saturated rings. The summed E-state index contributed by atoms with van der Waals surface area (Å²) in [7, 11) is -8.50. The van der Waals surface area contributed by atoms with Crippen LogP contribution in [0, 0.1) is 0 Å². The molecule has 32 heavy (non-hydrogen) atoms. The molecule has 0 bridgehead atoms. The number of nitrogens with zero attached hydrogens (tertiary/aromatic N) is 1. The smallest absolute Gasteiger partial charge is 0.307 e. The van der Waals surface area contributed by atoms with Crippen LogP contribution < -0.4 is 5.73 Å². The van der Waals surface area contributed by atoms with Crippen LogP contribution >= 0.6 is 27.0 Å². The number of rotatable bonds is 16. The van der Waals surface area contributed by atoms with E-state index < -0.39 is 20.2 Å². The monoisotopic (exact) mass is 510 g/mol. The van der Waals surface area contributed by atoms with Gasteiger partial charge in [-0.25, -0.2) is 0 Å². The third-order valence-electron chi connectivity index (χ3n) is 4.40. The minimum absolute atomic E-state index is 0.0159. The number of unbranched alkanes of at least 4 members (excludes halogenated alkanes) is 1. The highest BCUT2D eigenvalue weighted by Gasteiger charge is 2.65. The molecule has 0 amide bonds.